The average Bonchev–Trinajstić information content (AvgIpc) is 3.02. The molecule has 0 unspecified atom stereocenters. The molecule has 1 aromatic heterocycles. The van der Waals surface area contributed by atoms with Crippen molar-refractivity contribution in [1.29, 1.82) is 0 Å². The van der Waals surface area contributed by atoms with Gasteiger partial charge < -0.3 is 14.2 Å². The highest BCUT2D eigenvalue weighted by molar-refractivity contribution is 5.49. The van der Waals surface area contributed by atoms with Crippen LogP contribution in [0.25, 0.3) is 5.69 Å². The van der Waals surface area contributed by atoms with Crippen molar-refractivity contribution in [3.63, 3.8) is 0 Å². The molecule has 1 atom stereocenters. The molecule has 0 amide bonds. The molecule has 8 heteroatoms. The first-order chi connectivity index (χ1) is 11.7. The highest BCUT2D eigenvalue weighted by atomic mass is 16.5. The van der Waals surface area contributed by atoms with Gasteiger partial charge in [-0.05, 0) is 19.1 Å². The van der Waals surface area contributed by atoms with Crippen LogP contribution in [0.3, 0.4) is 0 Å². The van der Waals surface area contributed by atoms with Crippen LogP contribution in [-0.2, 0) is 4.74 Å². The number of hydrogen-bond donors (Lipinski definition) is 1. The van der Waals surface area contributed by atoms with Crippen molar-refractivity contribution in [2.24, 2.45) is 0 Å². The maximum Gasteiger partial charge on any atom is 0.347 e. The summed E-state index contributed by atoms with van der Waals surface area (Å²) < 4.78 is 17.6. The second kappa shape index (κ2) is 7.06. The number of methoxy groups -OCH3 is 2. The van der Waals surface area contributed by atoms with E-state index in [0.29, 0.717) is 36.2 Å². The summed E-state index contributed by atoms with van der Waals surface area (Å²) >= 11 is 0. The van der Waals surface area contributed by atoms with Gasteiger partial charge in [0.25, 0.3) is 0 Å². The zero-order chi connectivity index (χ0) is 17.1. The first-order valence-corrected chi connectivity index (χ1v) is 7.87. The smallest absolute Gasteiger partial charge is 0.347 e. The molecule has 130 valence electrons. The Balaban J connectivity index is 1.99. The van der Waals surface area contributed by atoms with E-state index in [1.54, 1.807) is 30.9 Å². The van der Waals surface area contributed by atoms with E-state index in [4.69, 9.17) is 14.2 Å². The Bertz CT molecular complexity index is 749. The third-order valence-corrected chi connectivity index (χ3v) is 4.29. The largest absolute Gasteiger partial charge is 0.493 e. The lowest BCUT2D eigenvalue weighted by atomic mass is 10.2. The Hall–Kier alpha value is -2.32. The average molecular weight is 334 g/mol. The molecule has 8 nitrogen and oxygen atoms in total. The van der Waals surface area contributed by atoms with Crippen LogP contribution >= 0.6 is 0 Å². The third-order valence-electron chi connectivity index (χ3n) is 4.29. The maximum atomic E-state index is 12.3. The second-order valence-electron chi connectivity index (χ2n) is 5.59. The van der Waals surface area contributed by atoms with Crippen LogP contribution in [-0.4, -0.2) is 60.2 Å². The fourth-order valence-electron chi connectivity index (χ4n) is 2.93. The molecule has 0 aliphatic carbocycles. The van der Waals surface area contributed by atoms with Crippen molar-refractivity contribution in [3.8, 4) is 17.2 Å². The first-order valence-electron chi connectivity index (χ1n) is 7.87. The Kier molecular flexibility index (Phi) is 4.86. The molecule has 1 saturated heterocycles. The van der Waals surface area contributed by atoms with Crippen LogP contribution in [0.4, 0.5) is 0 Å². The lowest BCUT2D eigenvalue weighted by Crippen LogP contribution is -2.39. The normalized spacial score (nSPS) is 16.8. The van der Waals surface area contributed by atoms with Crippen LogP contribution in [0.1, 0.15) is 18.8 Å². The van der Waals surface area contributed by atoms with Gasteiger partial charge in [0, 0.05) is 19.2 Å². The summed E-state index contributed by atoms with van der Waals surface area (Å²) in [5.41, 5.74) is 0.402. The van der Waals surface area contributed by atoms with Gasteiger partial charge in [0.05, 0.1) is 39.2 Å². The molecular formula is C16H22N4O4. The molecule has 1 aliphatic rings. The Morgan fingerprint density at radius 2 is 1.92 bits per heavy atom. The van der Waals surface area contributed by atoms with Gasteiger partial charge in [-0.3, -0.25) is 4.90 Å². The Morgan fingerprint density at radius 1 is 1.21 bits per heavy atom. The van der Waals surface area contributed by atoms with E-state index in [0.717, 1.165) is 13.1 Å². The Morgan fingerprint density at radius 3 is 2.58 bits per heavy atom. The Labute approximate surface area is 139 Å². The molecule has 3 rings (SSSR count). The number of rotatable bonds is 5. The van der Waals surface area contributed by atoms with Gasteiger partial charge in [0.15, 0.2) is 17.3 Å². The van der Waals surface area contributed by atoms with Crippen molar-refractivity contribution in [2.45, 2.75) is 13.0 Å². The van der Waals surface area contributed by atoms with Gasteiger partial charge in [-0.25, -0.2) is 14.5 Å². The number of benzene rings is 1. The van der Waals surface area contributed by atoms with Crippen LogP contribution in [0.5, 0.6) is 11.5 Å². The van der Waals surface area contributed by atoms with E-state index in [2.05, 4.69) is 15.1 Å². The van der Waals surface area contributed by atoms with E-state index >= 15 is 0 Å². The van der Waals surface area contributed by atoms with E-state index in [1.165, 1.54) is 0 Å². The minimum Gasteiger partial charge on any atom is -0.493 e. The van der Waals surface area contributed by atoms with Gasteiger partial charge in [0.1, 0.15) is 0 Å². The van der Waals surface area contributed by atoms with Crippen molar-refractivity contribution >= 4 is 0 Å². The fraction of sp³-hybridized carbons (Fsp3) is 0.500. The molecule has 0 radical (unpaired) electrons. The predicted molar refractivity (Wildman–Crippen MR) is 88.1 cm³/mol. The highest BCUT2D eigenvalue weighted by Crippen LogP contribution is 2.30. The monoisotopic (exact) mass is 334 g/mol. The third kappa shape index (κ3) is 3.02. The molecule has 0 saturated carbocycles. The zero-order valence-corrected chi connectivity index (χ0v) is 14.1. The molecule has 0 bridgehead atoms. The lowest BCUT2D eigenvalue weighted by molar-refractivity contribution is 0.0178. The van der Waals surface area contributed by atoms with Crippen LogP contribution in [0, 0.1) is 0 Å². The van der Waals surface area contributed by atoms with Gasteiger partial charge in [-0.15, -0.1) is 0 Å². The van der Waals surface area contributed by atoms with E-state index in [1.807, 2.05) is 13.0 Å². The summed E-state index contributed by atoms with van der Waals surface area (Å²) in [4.78, 5) is 14.6. The minimum absolute atomic E-state index is 0.0130. The summed E-state index contributed by atoms with van der Waals surface area (Å²) in [5, 5.41) is 6.79. The van der Waals surface area contributed by atoms with Crippen LogP contribution in [0.15, 0.2) is 23.0 Å². The summed E-state index contributed by atoms with van der Waals surface area (Å²) in [6.45, 7) is 5.05. The van der Waals surface area contributed by atoms with Gasteiger partial charge in [-0.1, -0.05) is 0 Å². The molecule has 2 aromatic rings. The predicted octanol–water partition coefficient (Wildman–Crippen LogP) is 0.971. The molecule has 2 heterocycles. The molecule has 0 spiro atoms. The number of hydrogen-bond acceptors (Lipinski definition) is 6. The van der Waals surface area contributed by atoms with E-state index in [-0.39, 0.29) is 11.7 Å². The van der Waals surface area contributed by atoms with E-state index in [9.17, 15) is 4.79 Å². The molecule has 24 heavy (non-hydrogen) atoms. The zero-order valence-electron chi connectivity index (χ0n) is 14.1. The quantitative estimate of drug-likeness (QED) is 0.877. The molecule has 1 N–H and O–H groups in total. The van der Waals surface area contributed by atoms with Crippen molar-refractivity contribution in [1.82, 2.24) is 19.7 Å². The minimum atomic E-state index is -0.280. The number of nitrogens with one attached hydrogen (secondary N) is 1. The van der Waals surface area contributed by atoms with Crippen molar-refractivity contribution in [3.05, 3.63) is 34.5 Å². The molecular weight excluding hydrogens is 312 g/mol. The van der Waals surface area contributed by atoms with E-state index < -0.39 is 0 Å². The van der Waals surface area contributed by atoms with Gasteiger partial charge in [-0.2, -0.15) is 5.10 Å². The number of morpholine rings is 1. The maximum absolute atomic E-state index is 12.3. The number of ether oxygens (including phenoxy) is 3. The van der Waals surface area contributed by atoms with Crippen LogP contribution in [0.2, 0.25) is 0 Å². The number of H-pyrrole nitrogens is 1. The summed E-state index contributed by atoms with van der Waals surface area (Å²) in [5.74, 6) is 1.84. The lowest BCUT2D eigenvalue weighted by Gasteiger charge is -2.31. The molecule has 1 aliphatic heterocycles. The topological polar surface area (TPSA) is 81.6 Å². The summed E-state index contributed by atoms with van der Waals surface area (Å²) in [7, 11) is 3.14. The molecule has 1 aromatic carbocycles. The van der Waals surface area contributed by atoms with Crippen molar-refractivity contribution in [2.75, 3.05) is 40.5 Å². The number of nitrogens with zero attached hydrogens (tertiary/aromatic N) is 3. The second-order valence-corrected chi connectivity index (χ2v) is 5.59. The van der Waals surface area contributed by atoms with Crippen molar-refractivity contribution < 1.29 is 14.2 Å². The SMILES string of the molecule is COc1ccc(-n2c([C@@H](C)N3CCOCC3)n[nH]c2=O)cc1OC. The summed E-state index contributed by atoms with van der Waals surface area (Å²) in [6.07, 6.45) is 0. The van der Waals surface area contributed by atoms with Crippen LogP contribution < -0.4 is 15.2 Å². The van der Waals surface area contributed by atoms with Gasteiger partial charge >= 0.3 is 5.69 Å². The summed E-state index contributed by atoms with van der Waals surface area (Å²) in [6, 6.07) is 5.34. The fourth-order valence-corrected chi connectivity index (χ4v) is 2.93. The number of aromatic nitrogens is 3. The number of aromatic amines is 1. The van der Waals surface area contributed by atoms with Gasteiger partial charge in [0.2, 0.25) is 0 Å². The highest BCUT2D eigenvalue weighted by Gasteiger charge is 2.24. The molecule has 1 fully saturated rings. The standard InChI is InChI=1S/C16H22N4O4/c1-11(19-6-8-24-9-7-19)15-17-18-16(21)20(15)12-4-5-13(22-2)14(10-12)23-3/h4-5,10-11H,6-9H2,1-3H3,(H,18,21)/t11-/m1/s1. The first kappa shape index (κ1) is 16.5.